The van der Waals surface area contributed by atoms with Gasteiger partial charge in [-0.05, 0) is 42.3 Å². The maximum absolute atomic E-state index is 12.4. The summed E-state index contributed by atoms with van der Waals surface area (Å²) in [6.45, 7) is 1.90. The van der Waals surface area contributed by atoms with Crippen molar-refractivity contribution in [3.05, 3.63) is 59.2 Å². The molecule has 3 nitrogen and oxygen atoms in total. The van der Waals surface area contributed by atoms with Gasteiger partial charge in [0.1, 0.15) is 5.75 Å². The first-order chi connectivity index (χ1) is 9.15. The molecular formula is C16H15NO2. The van der Waals surface area contributed by atoms with E-state index in [1.165, 1.54) is 0 Å². The van der Waals surface area contributed by atoms with Crippen molar-refractivity contribution in [2.45, 2.75) is 19.4 Å². The second-order valence-electron chi connectivity index (χ2n) is 4.85. The van der Waals surface area contributed by atoms with Crippen LogP contribution in [0.1, 0.15) is 21.5 Å². The van der Waals surface area contributed by atoms with Gasteiger partial charge >= 0.3 is 0 Å². The summed E-state index contributed by atoms with van der Waals surface area (Å²) in [6.07, 6.45) is 0.221. The van der Waals surface area contributed by atoms with Crippen LogP contribution in [0, 0.1) is 6.92 Å². The average Bonchev–Trinajstić information content (AvgIpc) is 2.85. The minimum atomic E-state index is -0.416. The van der Waals surface area contributed by atoms with E-state index in [0.29, 0.717) is 17.7 Å². The zero-order valence-corrected chi connectivity index (χ0v) is 10.7. The molecule has 0 saturated heterocycles. The third-order valence-corrected chi connectivity index (χ3v) is 3.49. The molecule has 2 aromatic rings. The number of nitrogens with two attached hydrogens (primary N) is 1. The molecule has 19 heavy (non-hydrogen) atoms. The molecular weight excluding hydrogens is 238 g/mol. The van der Waals surface area contributed by atoms with Gasteiger partial charge in [-0.15, -0.1) is 0 Å². The number of anilines is 1. The summed E-state index contributed by atoms with van der Waals surface area (Å²) in [5, 5.41) is 0. The van der Waals surface area contributed by atoms with Crippen LogP contribution in [0.4, 0.5) is 5.69 Å². The van der Waals surface area contributed by atoms with E-state index in [4.69, 9.17) is 10.5 Å². The summed E-state index contributed by atoms with van der Waals surface area (Å²) in [6, 6.07) is 13.1. The van der Waals surface area contributed by atoms with Crippen LogP contribution in [0.25, 0.3) is 0 Å². The number of aryl methyl sites for hydroxylation is 1. The predicted octanol–water partition coefficient (Wildman–Crippen LogP) is 2.76. The van der Waals surface area contributed by atoms with Gasteiger partial charge in [-0.2, -0.15) is 0 Å². The molecule has 0 radical (unpaired) electrons. The number of para-hydroxylation sites is 1. The van der Waals surface area contributed by atoms with Gasteiger partial charge in [0.05, 0.1) is 0 Å². The Morgan fingerprint density at radius 1 is 1.26 bits per heavy atom. The molecule has 1 heterocycles. The van der Waals surface area contributed by atoms with E-state index in [2.05, 4.69) is 0 Å². The molecule has 1 aliphatic rings. The van der Waals surface area contributed by atoms with Crippen LogP contribution < -0.4 is 10.5 Å². The number of fused-ring (bicyclic) bond motifs is 1. The summed E-state index contributed by atoms with van der Waals surface area (Å²) in [5.74, 6) is 0.826. The van der Waals surface area contributed by atoms with Crippen LogP contribution in [0.3, 0.4) is 0 Å². The van der Waals surface area contributed by atoms with Crippen molar-refractivity contribution < 1.29 is 9.53 Å². The van der Waals surface area contributed by atoms with Crippen LogP contribution in [-0.2, 0) is 6.42 Å². The molecule has 1 unspecified atom stereocenters. The molecule has 2 aromatic carbocycles. The number of Topliss-reactive ketones (excluding diaryl/α,β-unsaturated/α-hetero) is 1. The largest absolute Gasteiger partial charge is 0.482 e. The number of carbonyl (C=O) groups is 1. The van der Waals surface area contributed by atoms with E-state index in [1.54, 1.807) is 12.1 Å². The lowest BCUT2D eigenvalue weighted by Crippen LogP contribution is -2.25. The number of carbonyl (C=O) groups excluding carboxylic acids is 1. The SMILES string of the molecule is Cc1cc(C(=O)C2Cc3ccccc3O2)ccc1N. The molecule has 0 aromatic heterocycles. The molecule has 0 aliphatic carbocycles. The molecule has 0 amide bonds. The van der Waals surface area contributed by atoms with Crippen molar-refractivity contribution in [1.29, 1.82) is 0 Å². The van der Waals surface area contributed by atoms with Crippen LogP contribution in [0.5, 0.6) is 5.75 Å². The van der Waals surface area contributed by atoms with Crippen LogP contribution in [-0.4, -0.2) is 11.9 Å². The Bertz CT molecular complexity index is 624. The highest BCUT2D eigenvalue weighted by Gasteiger charge is 2.29. The van der Waals surface area contributed by atoms with Crippen LogP contribution in [0.2, 0.25) is 0 Å². The standard InChI is InChI=1S/C16H15NO2/c1-10-8-12(6-7-13(10)17)16(18)15-9-11-4-2-3-5-14(11)19-15/h2-8,15H,9,17H2,1H3. The molecule has 1 aliphatic heterocycles. The normalized spacial score (nSPS) is 16.8. The van der Waals surface area contributed by atoms with Gasteiger partial charge in [0.25, 0.3) is 0 Å². The topological polar surface area (TPSA) is 52.3 Å². The predicted molar refractivity (Wildman–Crippen MR) is 74.5 cm³/mol. The van der Waals surface area contributed by atoms with E-state index >= 15 is 0 Å². The quantitative estimate of drug-likeness (QED) is 0.661. The number of hydrogen-bond acceptors (Lipinski definition) is 3. The fourth-order valence-corrected chi connectivity index (χ4v) is 2.34. The molecule has 3 rings (SSSR count). The first-order valence-corrected chi connectivity index (χ1v) is 6.30. The van der Waals surface area contributed by atoms with Crippen molar-refractivity contribution in [1.82, 2.24) is 0 Å². The zero-order chi connectivity index (χ0) is 13.4. The monoisotopic (exact) mass is 253 g/mol. The zero-order valence-electron chi connectivity index (χ0n) is 10.7. The third kappa shape index (κ3) is 2.08. The van der Waals surface area contributed by atoms with Crippen molar-refractivity contribution in [3.8, 4) is 5.75 Å². The summed E-state index contributed by atoms with van der Waals surface area (Å²) >= 11 is 0. The van der Waals surface area contributed by atoms with Crippen molar-refractivity contribution in [2.24, 2.45) is 0 Å². The Balaban J connectivity index is 1.85. The fourth-order valence-electron chi connectivity index (χ4n) is 2.34. The minimum Gasteiger partial charge on any atom is -0.482 e. The Labute approximate surface area is 112 Å². The lowest BCUT2D eigenvalue weighted by Gasteiger charge is -2.10. The highest BCUT2D eigenvalue weighted by Crippen LogP contribution is 2.30. The highest BCUT2D eigenvalue weighted by molar-refractivity contribution is 6.00. The van der Waals surface area contributed by atoms with E-state index in [9.17, 15) is 4.79 Å². The number of rotatable bonds is 2. The van der Waals surface area contributed by atoms with Gasteiger partial charge in [0.15, 0.2) is 6.10 Å². The lowest BCUT2D eigenvalue weighted by molar-refractivity contribution is 0.0824. The molecule has 0 bridgehead atoms. The number of ketones is 1. The number of nitrogen functional groups attached to an aromatic ring is 1. The fraction of sp³-hybridized carbons (Fsp3) is 0.188. The third-order valence-electron chi connectivity index (χ3n) is 3.49. The molecule has 0 saturated carbocycles. The van der Waals surface area contributed by atoms with E-state index in [0.717, 1.165) is 16.9 Å². The average molecular weight is 253 g/mol. The lowest BCUT2D eigenvalue weighted by atomic mass is 10.00. The molecule has 0 spiro atoms. The Kier molecular flexibility index (Phi) is 2.75. The Morgan fingerprint density at radius 2 is 2.05 bits per heavy atom. The van der Waals surface area contributed by atoms with Gasteiger partial charge in [0.2, 0.25) is 5.78 Å². The maximum Gasteiger partial charge on any atom is 0.203 e. The van der Waals surface area contributed by atoms with E-state index < -0.39 is 6.10 Å². The van der Waals surface area contributed by atoms with E-state index in [-0.39, 0.29) is 5.78 Å². The smallest absolute Gasteiger partial charge is 0.203 e. The first kappa shape index (κ1) is 11.8. The number of benzene rings is 2. The number of ether oxygens (including phenoxy) is 1. The summed E-state index contributed by atoms with van der Waals surface area (Å²) in [5.41, 5.74) is 9.14. The first-order valence-electron chi connectivity index (χ1n) is 6.30. The van der Waals surface area contributed by atoms with Gasteiger partial charge in [-0.25, -0.2) is 0 Å². The molecule has 3 heteroatoms. The maximum atomic E-state index is 12.4. The molecule has 1 atom stereocenters. The minimum absolute atomic E-state index is 0.0132. The summed E-state index contributed by atoms with van der Waals surface area (Å²) in [4.78, 5) is 12.4. The molecule has 0 fully saturated rings. The Morgan fingerprint density at radius 3 is 2.79 bits per heavy atom. The molecule has 2 N–H and O–H groups in total. The van der Waals surface area contributed by atoms with Crippen molar-refractivity contribution in [3.63, 3.8) is 0 Å². The van der Waals surface area contributed by atoms with Gasteiger partial charge in [-0.3, -0.25) is 4.79 Å². The van der Waals surface area contributed by atoms with Crippen LogP contribution in [0.15, 0.2) is 42.5 Å². The Hall–Kier alpha value is -2.29. The van der Waals surface area contributed by atoms with E-state index in [1.807, 2.05) is 37.3 Å². The second-order valence-corrected chi connectivity index (χ2v) is 4.85. The van der Waals surface area contributed by atoms with Gasteiger partial charge in [0, 0.05) is 17.7 Å². The van der Waals surface area contributed by atoms with Gasteiger partial charge in [-0.1, -0.05) is 18.2 Å². The summed E-state index contributed by atoms with van der Waals surface area (Å²) < 4.78 is 5.71. The number of hydrogen-bond donors (Lipinski definition) is 1. The molecule has 96 valence electrons. The summed E-state index contributed by atoms with van der Waals surface area (Å²) in [7, 11) is 0. The highest BCUT2D eigenvalue weighted by atomic mass is 16.5. The van der Waals surface area contributed by atoms with Crippen molar-refractivity contribution >= 4 is 11.5 Å². The van der Waals surface area contributed by atoms with Gasteiger partial charge < -0.3 is 10.5 Å². The van der Waals surface area contributed by atoms with Crippen LogP contribution >= 0.6 is 0 Å². The van der Waals surface area contributed by atoms with Crippen molar-refractivity contribution in [2.75, 3.05) is 5.73 Å². The second kappa shape index (κ2) is 4.43.